The maximum atomic E-state index is 11.8. The molecule has 2 rings (SSSR count). The molecule has 0 saturated heterocycles. The minimum Gasteiger partial charge on any atom is -0.490 e. The van der Waals surface area contributed by atoms with Gasteiger partial charge in [0.05, 0.1) is 6.10 Å². The fourth-order valence-electron chi connectivity index (χ4n) is 1.91. The molecule has 1 aliphatic heterocycles. The molecular formula is C13H16O3. The topological polar surface area (TPSA) is 35.5 Å². The van der Waals surface area contributed by atoms with Crippen LogP contribution >= 0.6 is 0 Å². The van der Waals surface area contributed by atoms with E-state index in [1.165, 1.54) is 0 Å². The maximum Gasteiger partial charge on any atom is 0.342 e. The Morgan fingerprint density at radius 2 is 1.81 bits per heavy atom. The lowest BCUT2D eigenvalue weighted by molar-refractivity contribution is -0.145. The second-order valence-corrected chi connectivity index (χ2v) is 4.20. The highest BCUT2D eigenvalue weighted by Gasteiger charge is 2.24. The van der Waals surface area contributed by atoms with Gasteiger partial charge in [0.1, 0.15) is 17.4 Å². The van der Waals surface area contributed by atoms with Crippen molar-refractivity contribution in [1.29, 1.82) is 0 Å². The average molecular weight is 220 g/mol. The number of carbonyl (C=O) groups is 1. The average Bonchev–Trinajstić information content (AvgIpc) is 2.40. The van der Waals surface area contributed by atoms with Gasteiger partial charge in [-0.25, -0.2) is 4.79 Å². The summed E-state index contributed by atoms with van der Waals surface area (Å²) in [6, 6.07) is 0. The maximum absolute atomic E-state index is 11.8. The molecule has 0 aromatic heterocycles. The summed E-state index contributed by atoms with van der Waals surface area (Å²) in [6.45, 7) is 3.88. The largest absolute Gasteiger partial charge is 0.490 e. The summed E-state index contributed by atoms with van der Waals surface area (Å²) in [5, 5.41) is 0. The van der Waals surface area contributed by atoms with Crippen LogP contribution in [0.1, 0.15) is 26.7 Å². The standard InChI is InChI=1S/C13H16O3/c1-9-8-10(2)16-13(14)11-6-4-3-5-7-12(11)15-9/h4-7,9-10H,3,8H2,1-2H3/t9-,10+/m0/s1. The molecule has 3 heteroatoms. The zero-order chi connectivity index (χ0) is 11.5. The van der Waals surface area contributed by atoms with Crippen molar-refractivity contribution >= 4 is 5.97 Å². The smallest absolute Gasteiger partial charge is 0.342 e. The highest BCUT2D eigenvalue weighted by Crippen LogP contribution is 2.23. The molecule has 0 aromatic carbocycles. The van der Waals surface area contributed by atoms with Gasteiger partial charge in [-0.05, 0) is 32.4 Å². The van der Waals surface area contributed by atoms with Crippen molar-refractivity contribution in [1.82, 2.24) is 0 Å². The Bertz CT molecular complexity index is 377. The SMILES string of the molecule is C[C@@H]1C[C@H](C)OC2=C(C=CCC=C2)C(=O)O1. The predicted molar refractivity (Wildman–Crippen MR) is 60.6 cm³/mol. The number of hydrogen-bond acceptors (Lipinski definition) is 3. The fraction of sp³-hybridized carbons (Fsp3) is 0.462. The summed E-state index contributed by atoms with van der Waals surface area (Å²) in [4.78, 5) is 11.8. The van der Waals surface area contributed by atoms with Crippen LogP contribution in [0.3, 0.4) is 0 Å². The van der Waals surface area contributed by atoms with E-state index in [1.807, 2.05) is 32.1 Å². The molecule has 0 aromatic rings. The molecule has 0 bridgehead atoms. The lowest BCUT2D eigenvalue weighted by atomic mass is 10.1. The Labute approximate surface area is 95.4 Å². The van der Waals surface area contributed by atoms with Crippen molar-refractivity contribution in [2.75, 3.05) is 0 Å². The summed E-state index contributed by atoms with van der Waals surface area (Å²) < 4.78 is 11.1. The first kappa shape index (κ1) is 11.0. The van der Waals surface area contributed by atoms with Gasteiger partial charge in [0.2, 0.25) is 0 Å². The van der Waals surface area contributed by atoms with Crippen molar-refractivity contribution < 1.29 is 14.3 Å². The number of ether oxygens (including phenoxy) is 2. The van der Waals surface area contributed by atoms with Crippen LogP contribution in [-0.4, -0.2) is 18.2 Å². The van der Waals surface area contributed by atoms with Crippen molar-refractivity contribution in [3.8, 4) is 0 Å². The molecule has 0 N–H and O–H groups in total. The van der Waals surface area contributed by atoms with Crippen molar-refractivity contribution in [2.24, 2.45) is 0 Å². The van der Waals surface area contributed by atoms with E-state index in [-0.39, 0.29) is 18.2 Å². The summed E-state index contributed by atoms with van der Waals surface area (Å²) in [5.74, 6) is 0.329. The number of rotatable bonds is 0. The van der Waals surface area contributed by atoms with E-state index in [4.69, 9.17) is 9.47 Å². The highest BCUT2D eigenvalue weighted by molar-refractivity contribution is 5.93. The fourth-order valence-corrected chi connectivity index (χ4v) is 1.91. The third-order valence-electron chi connectivity index (χ3n) is 2.61. The second-order valence-electron chi connectivity index (χ2n) is 4.20. The molecule has 0 unspecified atom stereocenters. The van der Waals surface area contributed by atoms with Crippen molar-refractivity contribution in [3.05, 3.63) is 35.6 Å². The molecule has 2 aliphatic rings. The number of hydrogen-bond donors (Lipinski definition) is 0. The Balaban J connectivity index is 2.36. The molecule has 86 valence electrons. The third-order valence-corrected chi connectivity index (χ3v) is 2.61. The summed E-state index contributed by atoms with van der Waals surface area (Å²) in [6.07, 6.45) is 9.03. The summed E-state index contributed by atoms with van der Waals surface area (Å²) >= 11 is 0. The van der Waals surface area contributed by atoms with Gasteiger partial charge in [0.15, 0.2) is 0 Å². The molecule has 0 spiro atoms. The highest BCUT2D eigenvalue weighted by atomic mass is 16.6. The van der Waals surface area contributed by atoms with Gasteiger partial charge < -0.3 is 9.47 Å². The number of carbonyl (C=O) groups excluding carboxylic acids is 1. The zero-order valence-electron chi connectivity index (χ0n) is 9.60. The lowest BCUT2D eigenvalue weighted by Crippen LogP contribution is -2.26. The molecule has 2 atom stereocenters. The minimum absolute atomic E-state index is 0.0595. The molecule has 0 radical (unpaired) electrons. The van der Waals surface area contributed by atoms with Crippen LogP contribution in [0.4, 0.5) is 0 Å². The van der Waals surface area contributed by atoms with Gasteiger partial charge in [0, 0.05) is 6.42 Å². The third kappa shape index (κ3) is 2.35. The number of allylic oxidation sites excluding steroid dienone is 3. The molecule has 0 saturated carbocycles. The quantitative estimate of drug-likeness (QED) is 0.588. The predicted octanol–water partition coefficient (Wildman–Crippen LogP) is 2.50. The van der Waals surface area contributed by atoms with E-state index in [2.05, 4.69) is 0 Å². The molecule has 3 nitrogen and oxygen atoms in total. The Kier molecular flexibility index (Phi) is 3.13. The Morgan fingerprint density at radius 1 is 1.12 bits per heavy atom. The van der Waals surface area contributed by atoms with Crippen molar-refractivity contribution in [3.63, 3.8) is 0 Å². The first-order valence-electron chi connectivity index (χ1n) is 5.62. The minimum atomic E-state index is -0.294. The molecule has 1 aliphatic carbocycles. The summed E-state index contributed by atoms with van der Waals surface area (Å²) in [7, 11) is 0. The van der Waals surface area contributed by atoms with Gasteiger partial charge >= 0.3 is 5.97 Å². The Morgan fingerprint density at radius 3 is 2.62 bits per heavy atom. The first-order valence-corrected chi connectivity index (χ1v) is 5.62. The van der Waals surface area contributed by atoms with Crippen LogP contribution < -0.4 is 0 Å². The van der Waals surface area contributed by atoms with E-state index in [0.717, 1.165) is 12.8 Å². The van der Waals surface area contributed by atoms with Crippen LogP contribution in [0.5, 0.6) is 0 Å². The van der Waals surface area contributed by atoms with Crippen LogP contribution in [0.25, 0.3) is 0 Å². The van der Waals surface area contributed by atoms with Crippen LogP contribution in [0, 0.1) is 0 Å². The second kappa shape index (κ2) is 4.56. The summed E-state index contributed by atoms with van der Waals surface area (Å²) in [5.41, 5.74) is 0.521. The van der Waals surface area contributed by atoms with E-state index in [9.17, 15) is 4.79 Å². The van der Waals surface area contributed by atoms with E-state index < -0.39 is 0 Å². The van der Waals surface area contributed by atoms with E-state index in [0.29, 0.717) is 11.3 Å². The van der Waals surface area contributed by atoms with Gasteiger partial charge in [0.25, 0.3) is 0 Å². The monoisotopic (exact) mass is 220 g/mol. The molecule has 16 heavy (non-hydrogen) atoms. The number of cyclic esters (lactones) is 1. The lowest BCUT2D eigenvalue weighted by Gasteiger charge is -2.24. The zero-order valence-corrected chi connectivity index (χ0v) is 9.60. The van der Waals surface area contributed by atoms with Crippen LogP contribution in [0.2, 0.25) is 0 Å². The van der Waals surface area contributed by atoms with Gasteiger partial charge in [-0.15, -0.1) is 0 Å². The molecular weight excluding hydrogens is 204 g/mol. The molecule has 0 fully saturated rings. The van der Waals surface area contributed by atoms with E-state index >= 15 is 0 Å². The Hall–Kier alpha value is -1.51. The number of esters is 1. The normalized spacial score (nSPS) is 29.8. The van der Waals surface area contributed by atoms with E-state index in [1.54, 1.807) is 6.08 Å². The van der Waals surface area contributed by atoms with Gasteiger partial charge in [-0.3, -0.25) is 0 Å². The first-order chi connectivity index (χ1) is 7.66. The van der Waals surface area contributed by atoms with Crippen LogP contribution in [-0.2, 0) is 14.3 Å². The molecule has 0 amide bonds. The van der Waals surface area contributed by atoms with Gasteiger partial charge in [-0.2, -0.15) is 0 Å². The molecule has 1 heterocycles. The van der Waals surface area contributed by atoms with Gasteiger partial charge in [-0.1, -0.05) is 12.2 Å². The van der Waals surface area contributed by atoms with Crippen molar-refractivity contribution in [2.45, 2.75) is 38.9 Å². The van der Waals surface area contributed by atoms with Crippen LogP contribution in [0.15, 0.2) is 35.6 Å².